The average Bonchev–Trinajstić information content (AvgIpc) is 3.02. The Hall–Kier alpha value is -2.15. The van der Waals surface area contributed by atoms with Crippen LogP contribution in [0.25, 0.3) is 15.7 Å². The largest absolute Gasteiger partial charge is 0.355 e. The third-order valence-electron chi connectivity index (χ3n) is 3.33. The van der Waals surface area contributed by atoms with Crippen molar-refractivity contribution < 1.29 is 4.79 Å². The van der Waals surface area contributed by atoms with Gasteiger partial charge in [-0.25, -0.2) is 4.68 Å². The maximum Gasteiger partial charge on any atom is 0.291 e. The molecule has 7 heteroatoms. The fraction of sp³-hybridized carbons (Fsp3) is 0.357. The Morgan fingerprint density at radius 3 is 3.00 bits per heavy atom. The molecule has 3 heterocycles. The third kappa shape index (κ3) is 2.33. The summed E-state index contributed by atoms with van der Waals surface area (Å²) in [6, 6.07) is 3.83. The highest BCUT2D eigenvalue weighted by atomic mass is 32.1. The fourth-order valence-corrected chi connectivity index (χ4v) is 3.20. The van der Waals surface area contributed by atoms with E-state index in [0.29, 0.717) is 17.9 Å². The van der Waals surface area contributed by atoms with Crippen LogP contribution >= 0.6 is 11.3 Å². The summed E-state index contributed by atoms with van der Waals surface area (Å²) in [6.07, 6.45) is 0.862. The molecular formula is C14H16N4O2S. The number of rotatable bonds is 4. The molecule has 3 aromatic rings. The molecule has 0 fully saturated rings. The lowest BCUT2D eigenvalue weighted by Crippen LogP contribution is -2.35. The van der Waals surface area contributed by atoms with Crippen molar-refractivity contribution in [1.29, 1.82) is 0 Å². The van der Waals surface area contributed by atoms with Gasteiger partial charge >= 0.3 is 0 Å². The molecule has 0 atom stereocenters. The van der Waals surface area contributed by atoms with Crippen LogP contribution in [0.1, 0.15) is 19.2 Å². The minimum absolute atomic E-state index is 0.0466. The molecule has 0 aliphatic rings. The van der Waals surface area contributed by atoms with Crippen molar-refractivity contribution in [3.63, 3.8) is 0 Å². The van der Waals surface area contributed by atoms with Gasteiger partial charge < -0.3 is 5.32 Å². The van der Waals surface area contributed by atoms with E-state index in [1.165, 1.54) is 4.68 Å². The van der Waals surface area contributed by atoms with Gasteiger partial charge in [-0.2, -0.15) is 5.10 Å². The molecular weight excluding hydrogens is 288 g/mol. The number of aryl methyl sites for hydroxylation is 1. The summed E-state index contributed by atoms with van der Waals surface area (Å²) < 4.78 is 4.12. The maximum atomic E-state index is 12.5. The van der Waals surface area contributed by atoms with Crippen LogP contribution in [-0.2, 0) is 11.3 Å². The van der Waals surface area contributed by atoms with E-state index < -0.39 is 0 Å². The van der Waals surface area contributed by atoms with Gasteiger partial charge in [-0.1, -0.05) is 6.92 Å². The van der Waals surface area contributed by atoms with E-state index >= 15 is 0 Å². The van der Waals surface area contributed by atoms with Gasteiger partial charge in [0.1, 0.15) is 17.9 Å². The molecule has 0 bridgehead atoms. The van der Waals surface area contributed by atoms with Crippen molar-refractivity contribution in [3.8, 4) is 0 Å². The van der Waals surface area contributed by atoms with Crippen LogP contribution in [0.5, 0.6) is 0 Å². The third-order valence-corrected chi connectivity index (χ3v) is 4.18. The fourth-order valence-electron chi connectivity index (χ4n) is 2.39. The van der Waals surface area contributed by atoms with Gasteiger partial charge in [-0.05, 0) is 30.9 Å². The van der Waals surface area contributed by atoms with Crippen molar-refractivity contribution in [2.24, 2.45) is 0 Å². The molecule has 3 aromatic heterocycles. The van der Waals surface area contributed by atoms with E-state index in [1.807, 2.05) is 35.8 Å². The van der Waals surface area contributed by atoms with Crippen LogP contribution in [0.4, 0.5) is 0 Å². The number of aromatic nitrogens is 3. The van der Waals surface area contributed by atoms with Gasteiger partial charge in [0.05, 0.1) is 10.2 Å². The van der Waals surface area contributed by atoms with Crippen LogP contribution in [0.2, 0.25) is 0 Å². The molecule has 1 amide bonds. The Balaban J connectivity index is 2.06. The maximum absolute atomic E-state index is 12.5. The number of nitrogens with one attached hydrogen (secondary N) is 1. The van der Waals surface area contributed by atoms with Gasteiger partial charge in [-0.3, -0.25) is 14.0 Å². The molecule has 1 N–H and O–H groups in total. The molecule has 0 aromatic carbocycles. The second kappa shape index (κ2) is 5.33. The number of amides is 1. The summed E-state index contributed by atoms with van der Waals surface area (Å²) in [5.41, 5.74) is 1.31. The number of thiophene rings is 1. The van der Waals surface area contributed by atoms with Gasteiger partial charge in [0.2, 0.25) is 5.91 Å². The van der Waals surface area contributed by atoms with Crippen molar-refractivity contribution in [2.45, 2.75) is 26.8 Å². The molecule has 6 nitrogen and oxygen atoms in total. The second-order valence-electron chi connectivity index (χ2n) is 4.90. The summed E-state index contributed by atoms with van der Waals surface area (Å²) in [5, 5.41) is 9.00. The second-order valence-corrected chi connectivity index (χ2v) is 5.84. The van der Waals surface area contributed by atoms with Gasteiger partial charge in [-0.15, -0.1) is 11.3 Å². The van der Waals surface area contributed by atoms with Crippen LogP contribution in [0.15, 0.2) is 22.3 Å². The number of fused-ring (bicyclic) bond motifs is 3. The summed E-state index contributed by atoms with van der Waals surface area (Å²) in [7, 11) is 0. The molecule has 0 aliphatic carbocycles. The highest BCUT2D eigenvalue weighted by Crippen LogP contribution is 2.24. The first-order valence-electron chi connectivity index (χ1n) is 6.85. The van der Waals surface area contributed by atoms with Crippen molar-refractivity contribution >= 4 is 33.0 Å². The number of carbonyl (C=O) groups is 1. The van der Waals surface area contributed by atoms with Gasteiger partial charge in [0, 0.05) is 6.54 Å². The first-order chi connectivity index (χ1) is 10.1. The topological polar surface area (TPSA) is 68.4 Å². The first-order valence-corrected chi connectivity index (χ1v) is 7.73. The number of nitrogens with zero attached hydrogens (tertiary/aromatic N) is 3. The van der Waals surface area contributed by atoms with Crippen molar-refractivity contribution in [3.05, 3.63) is 33.7 Å². The van der Waals surface area contributed by atoms with E-state index in [9.17, 15) is 9.59 Å². The Morgan fingerprint density at radius 1 is 1.43 bits per heavy atom. The lowest BCUT2D eigenvalue weighted by Gasteiger charge is -2.08. The number of hydrogen-bond acceptors (Lipinski definition) is 4. The van der Waals surface area contributed by atoms with Crippen molar-refractivity contribution in [1.82, 2.24) is 19.5 Å². The predicted octanol–water partition coefficient (Wildman–Crippen LogP) is 1.55. The van der Waals surface area contributed by atoms with E-state index in [4.69, 9.17) is 0 Å². The average molecular weight is 304 g/mol. The highest BCUT2D eigenvalue weighted by molar-refractivity contribution is 7.17. The molecule has 0 saturated heterocycles. The molecule has 0 saturated carbocycles. The van der Waals surface area contributed by atoms with E-state index in [0.717, 1.165) is 16.6 Å². The number of hydrogen-bond donors (Lipinski definition) is 1. The van der Waals surface area contributed by atoms with Gasteiger partial charge in [0.25, 0.3) is 5.56 Å². The molecule has 0 aliphatic heterocycles. The first kappa shape index (κ1) is 13.8. The zero-order valence-corrected chi connectivity index (χ0v) is 12.7. The molecule has 21 heavy (non-hydrogen) atoms. The normalized spacial score (nSPS) is 11.3. The highest BCUT2D eigenvalue weighted by Gasteiger charge is 2.14. The van der Waals surface area contributed by atoms with Crippen molar-refractivity contribution in [2.75, 3.05) is 6.54 Å². The van der Waals surface area contributed by atoms with Crippen LogP contribution in [0.3, 0.4) is 0 Å². The smallest absolute Gasteiger partial charge is 0.291 e. The van der Waals surface area contributed by atoms with E-state index in [2.05, 4.69) is 10.4 Å². The lowest BCUT2D eigenvalue weighted by molar-refractivity contribution is -0.121. The summed E-state index contributed by atoms with van der Waals surface area (Å²) in [5.74, 6) is 0.504. The zero-order valence-electron chi connectivity index (χ0n) is 11.9. The van der Waals surface area contributed by atoms with E-state index in [-0.39, 0.29) is 18.0 Å². The Morgan fingerprint density at radius 2 is 2.24 bits per heavy atom. The minimum atomic E-state index is -0.240. The van der Waals surface area contributed by atoms with Gasteiger partial charge in [0.15, 0.2) is 0 Å². The minimum Gasteiger partial charge on any atom is -0.355 e. The molecule has 0 radical (unpaired) electrons. The molecule has 110 valence electrons. The Labute approximate surface area is 125 Å². The lowest BCUT2D eigenvalue weighted by atomic mass is 10.4. The summed E-state index contributed by atoms with van der Waals surface area (Å²) in [4.78, 5) is 24.2. The Kier molecular flexibility index (Phi) is 3.50. The van der Waals surface area contributed by atoms with Crippen LogP contribution in [-0.4, -0.2) is 26.6 Å². The summed E-state index contributed by atoms with van der Waals surface area (Å²) in [6.45, 7) is 4.38. The quantitative estimate of drug-likeness (QED) is 0.795. The standard InChI is InChI=1S/C14H16N4O2S/c1-3-5-15-13(19)8-17-14(20)11-7-12-10(4-6-21-12)18(11)9(2)16-17/h4,6-7H,3,5,8H2,1-2H3,(H,15,19). The molecule has 3 rings (SSSR count). The zero-order chi connectivity index (χ0) is 15.0. The van der Waals surface area contributed by atoms with Crippen LogP contribution < -0.4 is 10.9 Å². The summed E-state index contributed by atoms with van der Waals surface area (Å²) >= 11 is 1.59. The van der Waals surface area contributed by atoms with Crippen LogP contribution in [0, 0.1) is 6.92 Å². The SMILES string of the molecule is CCCNC(=O)Cn1nc(C)n2c(cc3sccc32)c1=O. The monoisotopic (exact) mass is 304 g/mol. The molecule has 0 spiro atoms. The molecule has 0 unspecified atom stereocenters. The predicted molar refractivity (Wildman–Crippen MR) is 82.9 cm³/mol. The Bertz CT molecular complexity index is 874. The van der Waals surface area contributed by atoms with E-state index in [1.54, 1.807) is 11.3 Å². The number of carbonyl (C=O) groups excluding carboxylic acids is 1.